The van der Waals surface area contributed by atoms with Crippen LogP contribution in [0, 0.1) is 0 Å². The lowest BCUT2D eigenvalue weighted by atomic mass is 9.93. The van der Waals surface area contributed by atoms with Crippen molar-refractivity contribution in [3.63, 3.8) is 0 Å². The van der Waals surface area contributed by atoms with E-state index in [1.54, 1.807) is 24.5 Å². The van der Waals surface area contributed by atoms with Gasteiger partial charge in [0.1, 0.15) is 5.76 Å². The summed E-state index contributed by atoms with van der Waals surface area (Å²) in [4.78, 5) is 30.5. The first kappa shape index (κ1) is 19.1. The largest absolute Gasteiger partial charge is 0.502 e. The Labute approximate surface area is 157 Å². The molecule has 3 rings (SSSR count). The van der Waals surface area contributed by atoms with Crippen molar-refractivity contribution in [2.24, 2.45) is 0 Å². The van der Waals surface area contributed by atoms with Crippen molar-refractivity contribution >= 4 is 5.97 Å². The topological polar surface area (TPSA) is 92.9 Å². The van der Waals surface area contributed by atoms with Crippen molar-refractivity contribution < 1.29 is 19.1 Å². The zero-order chi connectivity index (χ0) is 19.2. The van der Waals surface area contributed by atoms with Crippen molar-refractivity contribution in [1.82, 2.24) is 9.88 Å². The first-order valence-electron chi connectivity index (χ1n) is 9.13. The van der Waals surface area contributed by atoms with Gasteiger partial charge in [-0.3, -0.25) is 19.5 Å². The summed E-state index contributed by atoms with van der Waals surface area (Å²) in [5.74, 6) is -1.04. The number of piperidine rings is 1. The number of hydrogen-bond acceptors (Lipinski definition) is 7. The predicted molar refractivity (Wildman–Crippen MR) is 98.5 cm³/mol. The molecule has 2 aromatic heterocycles. The van der Waals surface area contributed by atoms with Gasteiger partial charge in [-0.2, -0.15) is 0 Å². The molecule has 1 fully saturated rings. The highest BCUT2D eigenvalue weighted by molar-refractivity contribution is 5.71. The number of carbonyl (C=O) groups is 1. The Hall–Kier alpha value is -2.67. The van der Waals surface area contributed by atoms with Gasteiger partial charge in [0.2, 0.25) is 11.2 Å². The Morgan fingerprint density at radius 2 is 2.15 bits per heavy atom. The Kier molecular flexibility index (Phi) is 6.24. The normalized spacial score (nSPS) is 16.0. The predicted octanol–water partition coefficient (Wildman–Crippen LogP) is 2.42. The van der Waals surface area contributed by atoms with Crippen LogP contribution in [0.5, 0.6) is 5.75 Å². The molecule has 0 radical (unpaired) electrons. The van der Waals surface area contributed by atoms with E-state index >= 15 is 0 Å². The molecule has 0 aromatic carbocycles. The van der Waals surface area contributed by atoms with E-state index in [1.807, 2.05) is 0 Å². The lowest BCUT2D eigenvalue weighted by Crippen LogP contribution is -2.29. The Balaban J connectivity index is 1.97. The minimum absolute atomic E-state index is 0.0636. The minimum atomic E-state index is -0.653. The van der Waals surface area contributed by atoms with Crippen LogP contribution in [-0.4, -0.2) is 41.2 Å². The summed E-state index contributed by atoms with van der Waals surface area (Å²) in [6.07, 6.45) is 6.59. The van der Waals surface area contributed by atoms with E-state index in [2.05, 4.69) is 9.88 Å². The molecule has 0 saturated carbocycles. The number of carbonyl (C=O) groups excluding carboxylic acids is 1. The second-order valence-electron chi connectivity index (χ2n) is 6.75. The number of likely N-dealkylation sites (tertiary alicyclic amines) is 1. The van der Waals surface area contributed by atoms with Gasteiger partial charge < -0.3 is 14.3 Å². The second-order valence-corrected chi connectivity index (χ2v) is 6.75. The molecule has 27 heavy (non-hydrogen) atoms. The monoisotopic (exact) mass is 372 g/mol. The summed E-state index contributed by atoms with van der Waals surface area (Å²) in [5.41, 5.74) is 0.151. The fourth-order valence-electron chi connectivity index (χ4n) is 3.40. The number of rotatable bonds is 6. The summed E-state index contributed by atoms with van der Waals surface area (Å²) in [6, 6.07) is 4.83. The van der Waals surface area contributed by atoms with Crippen molar-refractivity contribution in [2.45, 2.75) is 38.1 Å². The highest BCUT2D eigenvalue weighted by Gasteiger charge is 2.27. The van der Waals surface area contributed by atoms with E-state index in [1.165, 1.54) is 19.6 Å². The van der Waals surface area contributed by atoms with E-state index in [0.29, 0.717) is 17.9 Å². The van der Waals surface area contributed by atoms with Gasteiger partial charge in [-0.1, -0.05) is 12.5 Å². The van der Waals surface area contributed by atoms with Gasteiger partial charge in [0.15, 0.2) is 5.76 Å². The Morgan fingerprint density at radius 3 is 2.81 bits per heavy atom. The van der Waals surface area contributed by atoms with Gasteiger partial charge in [-0.25, -0.2) is 0 Å². The van der Waals surface area contributed by atoms with Crippen LogP contribution in [0.4, 0.5) is 0 Å². The molecule has 0 aliphatic carbocycles. The van der Waals surface area contributed by atoms with Crippen molar-refractivity contribution in [1.29, 1.82) is 0 Å². The lowest BCUT2D eigenvalue weighted by molar-refractivity contribution is -0.140. The molecule has 0 amide bonds. The number of ether oxygens (including phenoxy) is 1. The Bertz CT molecular complexity index is 828. The van der Waals surface area contributed by atoms with Crippen LogP contribution in [0.1, 0.15) is 48.7 Å². The first-order valence-corrected chi connectivity index (χ1v) is 9.13. The molecular formula is C20H24N2O5. The number of esters is 1. The van der Waals surface area contributed by atoms with E-state index in [-0.39, 0.29) is 12.2 Å². The van der Waals surface area contributed by atoms with Crippen molar-refractivity contribution in [3.8, 4) is 5.75 Å². The van der Waals surface area contributed by atoms with Crippen LogP contribution in [0.25, 0.3) is 0 Å². The fourth-order valence-corrected chi connectivity index (χ4v) is 3.40. The SMILES string of the molecule is COC(=O)C[C@@H](c1cccnc1)c1oc(CN2CCCCC2)cc(=O)c1O. The number of hydrogen-bond donors (Lipinski definition) is 1. The average molecular weight is 372 g/mol. The summed E-state index contributed by atoms with van der Waals surface area (Å²) in [5, 5.41) is 10.4. The van der Waals surface area contributed by atoms with Crippen LogP contribution in [0.15, 0.2) is 39.8 Å². The van der Waals surface area contributed by atoms with Crippen LogP contribution in [0.2, 0.25) is 0 Å². The lowest BCUT2D eigenvalue weighted by Gasteiger charge is -2.26. The maximum atomic E-state index is 12.3. The van der Waals surface area contributed by atoms with Crippen molar-refractivity contribution in [2.75, 3.05) is 20.2 Å². The third-order valence-corrected chi connectivity index (χ3v) is 4.83. The van der Waals surface area contributed by atoms with Gasteiger partial charge >= 0.3 is 5.97 Å². The molecular weight excluding hydrogens is 348 g/mol. The molecule has 1 N–H and O–H groups in total. The molecule has 0 bridgehead atoms. The molecule has 3 heterocycles. The number of methoxy groups -OCH3 is 1. The van der Waals surface area contributed by atoms with Crippen LogP contribution < -0.4 is 5.43 Å². The van der Waals surface area contributed by atoms with E-state index in [9.17, 15) is 14.7 Å². The summed E-state index contributed by atoms with van der Waals surface area (Å²) in [7, 11) is 1.30. The van der Waals surface area contributed by atoms with Gasteiger partial charge in [-0.05, 0) is 37.6 Å². The zero-order valence-corrected chi connectivity index (χ0v) is 15.4. The molecule has 7 nitrogen and oxygen atoms in total. The van der Waals surface area contributed by atoms with E-state index in [0.717, 1.165) is 25.9 Å². The third-order valence-electron chi connectivity index (χ3n) is 4.83. The summed E-state index contributed by atoms with van der Waals surface area (Å²) in [6.45, 7) is 2.41. The molecule has 2 aromatic rings. The fraction of sp³-hybridized carbons (Fsp3) is 0.450. The minimum Gasteiger partial charge on any atom is -0.502 e. The molecule has 144 valence electrons. The summed E-state index contributed by atoms with van der Waals surface area (Å²) < 4.78 is 10.7. The molecule has 1 saturated heterocycles. The van der Waals surface area contributed by atoms with Crippen LogP contribution >= 0.6 is 0 Å². The number of aromatic hydroxyl groups is 1. The molecule has 7 heteroatoms. The highest BCUT2D eigenvalue weighted by Crippen LogP contribution is 2.33. The molecule has 0 unspecified atom stereocenters. The number of pyridine rings is 1. The molecule has 1 aliphatic rings. The molecule has 1 aliphatic heterocycles. The van der Waals surface area contributed by atoms with Crippen LogP contribution in [0.3, 0.4) is 0 Å². The van der Waals surface area contributed by atoms with Gasteiger partial charge in [0.25, 0.3) is 0 Å². The third kappa shape index (κ3) is 4.74. The first-order chi connectivity index (χ1) is 13.1. The standard InChI is InChI=1S/C20H24N2O5/c1-26-18(24)11-16(14-6-5-7-21-12-14)20-19(25)17(23)10-15(27-20)13-22-8-3-2-4-9-22/h5-7,10,12,16,25H,2-4,8-9,11,13H2,1H3/t16-/m0/s1. The van der Waals surface area contributed by atoms with Gasteiger partial charge in [0, 0.05) is 18.5 Å². The number of nitrogens with zero attached hydrogens (tertiary/aromatic N) is 2. The van der Waals surface area contributed by atoms with E-state index in [4.69, 9.17) is 9.15 Å². The molecule has 0 spiro atoms. The zero-order valence-electron chi connectivity index (χ0n) is 15.4. The quantitative estimate of drug-likeness (QED) is 0.778. The van der Waals surface area contributed by atoms with Gasteiger partial charge in [-0.15, -0.1) is 0 Å². The highest BCUT2D eigenvalue weighted by atomic mass is 16.5. The number of aromatic nitrogens is 1. The smallest absolute Gasteiger partial charge is 0.306 e. The average Bonchev–Trinajstić information content (AvgIpc) is 2.70. The van der Waals surface area contributed by atoms with Crippen LogP contribution in [-0.2, 0) is 16.1 Å². The maximum Gasteiger partial charge on any atom is 0.306 e. The maximum absolute atomic E-state index is 12.3. The summed E-state index contributed by atoms with van der Waals surface area (Å²) >= 11 is 0. The van der Waals surface area contributed by atoms with E-state index < -0.39 is 23.1 Å². The second kappa shape index (κ2) is 8.81. The van der Waals surface area contributed by atoms with Gasteiger partial charge in [0.05, 0.1) is 26.0 Å². The van der Waals surface area contributed by atoms with Crippen molar-refractivity contribution in [3.05, 3.63) is 57.9 Å². The Morgan fingerprint density at radius 1 is 1.37 bits per heavy atom. The molecule has 1 atom stereocenters.